The van der Waals surface area contributed by atoms with Gasteiger partial charge < -0.3 is 9.84 Å². The SMILES string of the molecule is CC1(C)Oc2ccc3ncccc3c2C[C@H]1O. The summed E-state index contributed by atoms with van der Waals surface area (Å²) in [4.78, 5) is 4.31. The monoisotopic (exact) mass is 229 g/mol. The number of fused-ring (bicyclic) bond motifs is 3. The van der Waals surface area contributed by atoms with E-state index in [-0.39, 0.29) is 0 Å². The van der Waals surface area contributed by atoms with Crippen molar-refractivity contribution in [1.82, 2.24) is 4.98 Å². The molecule has 0 unspecified atom stereocenters. The Balaban J connectivity index is 2.22. The van der Waals surface area contributed by atoms with Gasteiger partial charge >= 0.3 is 0 Å². The third kappa shape index (κ3) is 1.58. The maximum atomic E-state index is 10.1. The predicted octanol–water partition coefficient (Wildman–Crippen LogP) is 2.31. The minimum atomic E-state index is -0.525. The van der Waals surface area contributed by atoms with Crippen molar-refractivity contribution in [2.24, 2.45) is 0 Å². The van der Waals surface area contributed by atoms with Crippen LogP contribution in [0.2, 0.25) is 0 Å². The third-order valence-corrected chi connectivity index (χ3v) is 3.43. The molecule has 0 aliphatic carbocycles. The van der Waals surface area contributed by atoms with Crippen LogP contribution in [0.3, 0.4) is 0 Å². The van der Waals surface area contributed by atoms with Crippen molar-refractivity contribution in [3.63, 3.8) is 0 Å². The maximum Gasteiger partial charge on any atom is 0.129 e. The zero-order chi connectivity index (χ0) is 12.0. The van der Waals surface area contributed by atoms with Gasteiger partial charge in [0.05, 0.1) is 11.6 Å². The van der Waals surface area contributed by atoms with Gasteiger partial charge in [0.1, 0.15) is 11.4 Å². The van der Waals surface area contributed by atoms with Crippen LogP contribution in [-0.2, 0) is 6.42 Å². The van der Waals surface area contributed by atoms with Gasteiger partial charge in [-0.15, -0.1) is 0 Å². The number of hydrogen-bond donors (Lipinski definition) is 1. The number of hydrogen-bond acceptors (Lipinski definition) is 3. The van der Waals surface area contributed by atoms with Crippen LogP contribution in [0.5, 0.6) is 5.75 Å². The van der Waals surface area contributed by atoms with Crippen molar-refractivity contribution in [2.45, 2.75) is 32.0 Å². The number of ether oxygens (including phenoxy) is 1. The first-order chi connectivity index (χ1) is 8.08. The number of rotatable bonds is 0. The third-order valence-electron chi connectivity index (χ3n) is 3.43. The van der Waals surface area contributed by atoms with Crippen LogP contribution in [-0.4, -0.2) is 21.8 Å². The van der Waals surface area contributed by atoms with Crippen molar-refractivity contribution in [1.29, 1.82) is 0 Å². The average molecular weight is 229 g/mol. The molecule has 88 valence electrons. The molecule has 1 aromatic carbocycles. The van der Waals surface area contributed by atoms with Crippen molar-refractivity contribution < 1.29 is 9.84 Å². The number of aliphatic hydroxyl groups is 1. The molecule has 2 heterocycles. The fraction of sp³-hybridized carbons (Fsp3) is 0.357. The van der Waals surface area contributed by atoms with Crippen molar-refractivity contribution in [2.75, 3.05) is 0 Å². The summed E-state index contributed by atoms with van der Waals surface area (Å²) in [7, 11) is 0. The van der Waals surface area contributed by atoms with Gasteiger partial charge in [-0.2, -0.15) is 0 Å². The summed E-state index contributed by atoms with van der Waals surface area (Å²) in [6.45, 7) is 3.82. The van der Waals surface area contributed by atoms with Crippen molar-refractivity contribution in [3.05, 3.63) is 36.0 Å². The number of aliphatic hydroxyl groups excluding tert-OH is 1. The van der Waals surface area contributed by atoms with Gasteiger partial charge in [-0.05, 0) is 32.0 Å². The topological polar surface area (TPSA) is 42.4 Å². The van der Waals surface area contributed by atoms with E-state index in [9.17, 15) is 5.11 Å². The Morgan fingerprint density at radius 2 is 2.18 bits per heavy atom. The minimum absolute atomic E-state index is 0.485. The van der Waals surface area contributed by atoms with E-state index in [2.05, 4.69) is 4.98 Å². The lowest BCUT2D eigenvalue weighted by atomic mass is 9.89. The molecule has 0 radical (unpaired) electrons. The van der Waals surface area contributed by atoms with E-state index < -0.39 is 11.7 Å². The number of benzene rings is 1. The van der Waals surface area contributed by atoms with Crippen LogP contribution in [0.25, 0.3) is 10.9 Å². The molecule has 17 heavy (non-hydrogen) atoms. The predicted molar refractivity (Wildman–Crippen MR) is 66.2 cm³/mol. The summed E-state index contributed by atoms with van der Waals surface area (Å²) >= 11 is 0. The Bertz CT molecular complexity index is 577. The van der Waals surface area contributed by atoms with Gasteiger partial charge in [0.25, 0.3) is 0 Å². The fourth-order valence-corrected chi connectivity index (χ4v) is 2.29. The van der Waals surface area contributed by atoms with E-state index in [1.54, 1.807) is 6.20 Å². The van der Waals surface area contributed by atoms with Gasteiger partial charge in [-0.1, -0.05) is 6.07 Å². The first-order valence-electron chi connectivity index (χ1n) is 5.81. The quantitative estimate of drug-likeness (QED) is 0.753. The molecule has 3 heteroatoms. The largest absolute Gasteiger partial charge is 0.485 e. The number of aromatic nitrogens is 1. The first-order valence-corrected chi connectivity index (χ1v) is 5.81. The van der Waals surface area contributed by atoms with Gasteiger partial charge in [0.2, 0.25) is 0 Å². The molecule has 1 aromatic heterocycles. The molecule has 3 rings (SSSR count). The Morgan fingerprint density at radius 3 is 3.00 bits per heavy atom. The van der Waals surface area contributed by atoms with Crippen molar-refractivity contribution in [3.8, 4) is 5.75 Å². The molecule has 0 amide bonds. The second kappa shape index (κ2) is 3.44. The molecular weight excluding hydrogens is 214 g/mol. The van der Waals surface area contributed by atoms with Crippen LogP contribution in [0.4, 0.5) is 0 Å². The molecule has 0 fully saturated rings. The van der Waals surface area contributed by atoms with Gasteiger partial charge in [0, 0.05) is 23.6 Å². The molecule has 1 atom stereocenters. The van der Waals surface area contributed by atoms with Crippen LogP contribution < -0.4 is 4.74 Å². The molecule has 2 aromatic rings. The second-order valence-corrected chi connectivity index (χ2v) is 5.04. The standard InChI is InChI=1S/C14H15NO2/c1-14(2)13(16)8-10-9-4-3-7-15-11(9)5-6-12(10)17-14/h3-7,13,16H,8H2,1-2H3/t13-/m1/s1. The van der Waals surface area contributed by atoms with E-state index in [1.165, 1.54) is 0 Å². The number of nitrogens with zero attached hydrogens (tertiary/aromatic N) is 1. The zero-order valence-corrected chi connectivity index (χ0v) is 9.97. The normalized spacial score (nSPS) is 21.9. The van der Waals surface area contributed by atoms with E-state index in [0.29, 0.717) is 6.42 Å². The smallest absolute Gasteiger partial charge is 0.129 e. The molecule has 0 saturated carbocycles. The Labute approximate surface area is 100 Å². The highest BCUT2D eigenvalue weighted by atomic mass is 16.5. The molecule has 1 aliphatic heterocycles. The van der Waals surface area contributed by atoms with E-state index in [0.717, 1.165) is 22.2 Å². The second-order valence-electron chi connectivity index (χ2n) is 5.04. The van der Waals surface area contributed by atoms with Crippen LogP contribution in [0.1, 0.15) is 19.4 Å². The van der Waals surface area contributed by atoms with Crippen LogP contribution in [0, 0.1) is 0 Å². The van der Waals surface area contributed by atoms with Gasteiger partial charge in [0.15, 0.2) is 0 Å². The molecule has 1 aliphatic rings. The van der Waals surface area contributed by atoms with Gasteiger partial charge in [-0.3, -0.25) is 4.98 Å². The lowest BCUT2D eigenvalue weighted by Gasteiger charge is -2.37. The summed E-state index contributed by atoms with van der Waals surface area (Å²) in [5.41, 5.74) is 1.48. The Kier molecular flexibility index (Phi) is 2.13. The summed E-state index contributed by atoms with van der Waals surface area (Å²) < 4.78 is 5.86. The Hall–Kier alpha value is -1.61. The fourth-order valence-electron chi connectivity index (χ4n) is 2.29. The summed E-state index contributed by atoms with van der Waals surface area (Å²) in [6, 6.07) is 7.84. The van der Waals surface area contributed by atoms with E-state index >= 15 is 0 Å². The van der Waals surface area contributed by atoms with Crippen LogP contribution >= 0.6 is 0 Å². The minimum Gasteiger partial charge on any atom is -0.485 e. The zero-order valence-electron chi connectivity index (χ0n) is 9.97. The maximum absolute atomic E-state index is 10.1. The van der Waals surface area contributed by atoms with Gasteiger partial charge in [-0.25, -0.2) is 0 Å². The molecule has 3 nitrogen and oxygen atoms in total. The van der Waals surface area contributed by atoms with E-state index in [4.69, 9.17) is 4.74 Å². The molecular formula is C14H15NO2. The molecule has 0 saturated heterocycles. The highest BCUT2D eigenvalue weighted by Crippen LogP contribution is 2.36. The molecule has 1 N–H and O–H groups in total. The highest BCUT2D eigenvalue weighted by Gasteiger charge is 2.36. The van der Waals surface area contributed by atoms with Crippen molar-refractivity contribution >= 4 is 10.9 Å². The number of pyridine rings is 1. The lowest BCUT2D eigenvalue weighted by molar-refractivity contribution is -0.0406. The summed E-state index contributed by atoms with van der Waals surface area (Å²) in [6.07, 6.45) is 1.91. The first kappa shape index (κ1) is 10.5. The van der Waals surface area contributed by atoms with Crippen LogP contribution in [0.15, 0.2) is 30.5 Å². The highest BCUT2D eigenvalue weighted by molar-refractivity contribution is 5.84. The Morgan fingerprint density at radius 1 is 1.35 bits per heavy atom. The molecule has 0 bridgehead atoms. The molecule has 0 spiro atoms. The lowest BCUT2D eigenvalue weighted by Crippen LogP contribution is -2.46. The summed E-state index contributed by atoms with van der Waals surface area (Å²) in [5, 5.41) is 11.2. The average Bonchev–Trinajstić information content (AvgIpc) is 2.30. The summed E-state index contributed by atoms with van der Waals surface area (Å²) in [5.74, 6) is 0.862. The van der Waals surface area contributed by atoms with E-state index in [1.807, 2.05) is 38.1 Å².